The van der Waals surface area contributed by atoms with Crippen LogP contribution in [0, 0.1) is 0 Å². The van der Waals surface area contributed by atoms with Crippen LogP contribution in [0.1, 0.15) is 13.3 Å². The Bertz CT molecular complexity index is 486. The van der Waals surface area contributed by atoms with Crippen LogP contribution in [0.5, 0.6) is 5.75 Å². The number of aliphatic hydroxyl groups is 1. The van der Waals surface area contributed by atoms with Gasteiger partial charge in [-0.1, -0.05) is 19.1 Å². The van der Waals surface area contributed by atoms with Crippen molar-refractivity contribution in [3.63, 3.8) is 0 Å². The summed E-state index contributed by atoms with van der Waals surface area (Å²) in [6.45, 7) is 1.58. The summed E-state index contributed by atoms with van der Waals surface area (Å²) in [6, 6.07) is 6.44. The lowest BCUT2D eigenvalue weighted by Gasteiger charge is -2.14. The Morgan fingerprint density at radius 1 is 1.42 bits per heavy atom. The van der Waals surface area contributed by atoms with Crippen molar-refractivity contribution in [2.45, 2.75) is 19.4 Å². The number of hydrogen-bond acceptors (Lipinski definition) is 5. The summed E-state index contributed by atoms with van der Waals surface area (Å²) in [6.07, 6.45) is 0.530. The topological polar surface area (TPSA) is 102 Å². The first kappa shape index (κ1) is 15.7. The summed E-state index contributed by atoms with van der Waals surface area (Å²) in [5.74, 6) is 0.282. The Morgan fingerprint density at radius 3 is 2.68 bits per heavy atom. The van der Waals surface area contributed by atoms with E-state index in [1.54, 1.807) is 31.2 Å². The fraction of sp³-hybridized carbons (Fsp3) is 0.500. The number of ether oxygens (including phenoxy) is 1. The Balaban J connectivity index is 2.46. The number of aliphatic hydroxyl groups excluding tert-OH is 1. The number of para-hydroxylation sites is 2. The molecule has 4 N–H and O–H groups in total. The normalized spacial score (nSPS) is 13.2. The summed E-state index contributed by atoms with van der Waals surface area (Å²) in [4.78, 5) is 0. The van der Waals surface area contributed by atoms with Crippen LogP contribution in [-0.2, 0) is 10.0 Å². The highest BCUT2D eigenvalue weighted by atomic mass is 32.2. The zero-order valence-corrected chi connectivity index (χ0v) is 11.7. The van der Waals surface area contributed by atoms with Gasteiger partial charge in [-0.2, -0.15) is 0 Å². The minimum absolute atomic E-state index is 0.00537. The molecule has 0 fully saturated rings. The molecule has 19 heavy (non-hydrogen) atoms. The molecule has 7 heteroatoms. The van der Waals surface area contributed by atoms with E-state index in [0.717, 1.165) is 0 Å². The van der Waals surface area contributed by atoms with Crippen LogP contribution >= 0.6 is 0 Å². The highest BCUT2D eigenvalue weighted by molar-refractivity contribution is 7.89. The van der Waals surface area contributed by atoms with Crippen molar-refractivity contribution in [1.82, 2.24) is 4.72 Å². The molecule has 0 saturated heterocycles. The zero-order chi connectivity index (χ0) is 14.3. The third-order valence-electron chi connectivity index (χ3n) is 2.59. The lowest BCUT2D eigenvalue weighted by Crippen LogP contribution is -2.39. The number of anilines is 1. The summed E-state index contributed by atoms with van der Waals surface area (Å²) in [5.41, 5.74) is 6.14. The Labute approximate surface area is 113 Å². The first-order valence-electron chi connectivity index (χ1n) is 6.06. The van der Waals surface area contributed by atoms with Gasteiger partial charge in [0.1, 0.15) is 12.4 Å². The quantitative estimate of drug-likeness (QED) is 0.599. The van der Waals surface area contributed by atoms with E-state index in [-0.39, 0.29) is 19.0 Å². The van der Waals surface area contributed by atoms with Crippen LogP contribution in [0.2, 0.25) is 0 Å². The standard InChI is InChI=1S/C12H20N2O4S/c1-2-10(9-15)14-19(16,17)8-7-18-12-6-4-3-5-11(12)13/h3-6,10,14-15H,2,7-9,13H2,1H3/t10-/m0/s1. The fourth-order valence-electron chi connectivity index (χ4n) is 1.44. The third kappa shape index (κ3) is 5.46. The van der Waals surface area contributed by atoms with Crippen LogP contribution in [0.3, 0.4) is 0 Å². The highest BCUT2D eigenvalue weighted by Gasteiger charge is 2.16. The molecule has 0 heterocycles. The molecule has 0 aliphatic rings. The molecule has 0 unspecified atom stereocenters. The van der Waals surface area contributed by atoms with Gasteiger partial charge in [-0.15, -0.1) is 0 Å². The average Bonchev–Trinajstić information content (AvgIpc) is 2.38. The van der Waals surface area contributed by atoms with Gasteiger partial charge in [-0.3, -0.25) is 0 Å². The second-order valence-corrected chi connectivity index (χ2v) is 5.98. The number of nitrogens with one attached hydrogen (secondary N) is 1. The van der Waals surface area contributed by atoms with Crippen LogP contribution in [0.25, 0.3) is 0 Å². The molecule has 1 atom stereocenters. The first-order chi connectivity index (χ1) is 8.98. The number of sulfonamides is 1. The highest BCUT2D eigenvalue weighted by Crippen LogP contribution is 2.19. The summed E-state index contributed by atoms with van der Waals surface area (Å²) < 4.78 is 31.1. The molecule has 1 rings (SSSR count). The minimum Gasteiger partial charge on any atom is -0.490 e. The Morgan fingerprint density at radius 2 is 2.11 bits per heavy atom. The second kappa shape index (κ2) is 7.32. The maximum atomic E-state index is 11.7. The molecule has 0 amide bonds. The molecule has 1 aromatic carbocycles. The lowest BCUT2D eigenvalue weighted by molar-refractivity contribution is 0.253. The predicted molar refractivity (Wildman–Crippen MR) is 74.4 cm³/mol. The third-order valence-corrected chi connectivity index (χ3v) is 3.98. The average molecular weight is 288 g/mol. The van der Waals surface area contributed by atoms with Gasteiger partial charge in [0.05, 0.1) is 18.0 Å². The smallest absolute Gasteiger partial charge is 0.215 e. The SMILES string of the molecule is CC[C@@H](CO)NS(=O)(=O)CCOc1ccccc1N. The van der Waals surface area contributed by atoms with E-state index in [0.29, 0.717) is 17.9 Å². The molecular formula is C12H20N2O4S. The van der Waals surface area contributed by atoms with Crippen molar-refractivity contribution in [2.24, 2.45) is 0 Å². The molecule has 6 nitrogen and oxygen atoms in total. The van der Waals surface area contributed by atoms with Crippen LogP contribution < -0.4 is 15.2 Å². The van der Waals surface area contributed by atoms with Gasteiger partial charge in [0.25, 0.3) is 0 Å². The number of hydrogen-bond donors (Lipinski definition) is 3. The monoisotopic (exact) mass is 288 g/mol. The van der Waals surface area contributed by atoms with Crippen molar-refractivity contribution in [3.8, 4) is 5.75 Å². The molecule has 1 aromatic rings. The molecule has 108 valence electrons. The molecule has 0 aliphatic heterocycles. The van der Waals surface area contributed by atoms with Gasteiger partial charge in [0.15, 0.2) is 0 Å². The van der Waals surface area contributed by atoms with Crippen LogP contribution in [0.15, 0.2) is 24.3 Å². The van der Waals surface area contributed by atoms with E-state index in [9.17, 15) is 8.42 Å². The van der Waals surface area contributed by atoms with E-state index in [2.05, 4.69) is 4.72 Å². The van der Waals surface area contributed by atoms with Gasteiger partial charge in [-0.05, 0) is 18.6 Å². The Kier molecular flexibility index (Phi) is 6.07. The molecular weight excluding hydrogens is 268 g/mol. The zero-order valence-electron chi connectivity index (χ0n) is 10.9. The van der Waals surface area contributed by atoms with Crippen molar-refractivity contribution >= 4 is 15.7 Å². The maximum Gasteiger partial charge on any atom is 0.215 e. The Hall–Kier alpha value is -1.31. The number of nitrogen functional groups attached to an aromatic ring is 1. The molecule has 0 spiro atoms. The van der Waals surface area contributed by atoms with Crippen molar-refractivity contribution in [1.29, 1.82) is 0 Å². The van der Waals surface area contributed by atoms with Gasteiger partial charge in [-0.25, -0.2) is 13.1 Å². The van der Waals surface area contributed by atoms with Crippen LogP contribution in [-0.4, -0.2) is 38.5 Å². The number of rotatable bonds is 8. The molecule has 0 aliphatic carbocycles. The van der Waals surface area contributed by atoms with Crippen molar-refractivity contribution in [3.05, 3.63) is 24.3 Å². The van der Waals surface area contributed by atoms with E-state index in [1.807, 2.05) is 0 Å². The second-order valence-electron chi connectivity index (χ2n) is 4.11. The van der Waals surface area contributed by atoms with Gasteiger partial charge in [0.2, 0.25) is 10.0 Å². The van der Waals surface area contributed by atoms with Crippen molar-refractivity contribution < 1.29 is 18.3 Å². The summed E-state index contributed by atoms with van der Waals surface area (Å²) >= 11 is 0. The molecule has 0 saturated carbocycles. The number of benzene rings is 1. The molecule has 0 aromatic heterocycles. The first-order valence-corrected chi connectivity index (χ1v) is 7.72. The van der Waals surface area contributed by atoms with E-state index in [4.69, 9.17) is 15.6 Å². The van der Waals surface area contributed by atoms with E-state index >= 15 is 0 Å². The predicted octanol–water partition coefficient (Wildman–Crippen LogP) is 0.338. The van der Waals surface area contributed by atoms with Crippen molar-refractivity contribution in [2.75, 3.05) is 24.7 Å². The lowest BCUT2D eigenvalue weighted by atomic mass is 10.3. The largest absolute Gasteiger partial charge is 0.490 e. The van der Waals surface area contributed by atoms with Gasteiger partial charge < -0.3 is 15.6 Å². The van der Waals surface area contributed by atoms with E-state index in [1.165, 1.54) is 0 Å². The summed E-state index contributed by atoms with van der Waals surface area (Å²) in [7, 11) is -3.46. The maximum absolute atomic E-state index is 11.7. The van der Waals surface area contributed by atoms with E-state index < -0.39 is 16.1 Å². The molecule has 0 radical (unpaired) electrons. The summed E-state index contributed by atoms with van der Waals surface area (Å²) in [5, 5.41) is 8.95. The minimum atomic E-state index is -3.46. The van der Waals surface area contributed by atoms with Gasteiger partial charge >= 0.3 is 0 Å². The fourth-order valence-corrected chi connectivity index (χ4v) is 2.61. The van der Waals surface area contributed by atoms with Gasteiger partial charge in [0, 0.05) is 6.04 Å². The van der Waals surface area contributed by atoms with Crippen LogP contribution in [0.4, 0.5) is 5.69 Å². The number of nitrogens with two attached hydrogens (primary N) is 1. The molecule has 0 bridgehead atoms.